The van der Waals surface area contributed by atoms with Gasteiger partial charge in [0.1, 0.15) is 0 Å². The van der Waals surface area contributed by atoms with E-state index in [4.69, 9.17) is 16.1 Å². The van der Waals surface area contributed by atoms with Crippen LogP contribution in [0, 0.1) is 0 Å². The predicted molar refractivity (Wildman–Crippen MR) is 76.8 cm³/mol. The number of carbonyl (C=O) groups excluding carboxylic acids is 1. The van der Waals surface area contributed by atoms with Crippen molar-refractivity contribution in [3.8, 4) is 11.3 Å². The van der Waals surface area contributed by atoms with Gasteiger partial charge in [-0.3, -0.25) is 4.79 Å². The van der Waals surface area contributed by atoms with Crippen LogP contribution in [0.2, 0.25) is 5.02 Å². The number of hydrogen-bond donors (Lipinski definition) is 0. The SMILES string of the molecule is O=C(c1ccc(Cl)cc1)c1cc(-c2ccccc2)on1. The van der Waals surface area contributed by atoms with Crippen LogP contribution in [-0.2, 0) is 0 Å². The van der Waals surface area contributed by atoms with Crippen molar-refractivity contribution < 1.29 is 9.32 Å². The Kier molecular flexibility index (Phi) is 3.35. The summed E-state index contributed by atoms with van der Waals surface area (Å²) in [4.78, 5) is 12.2. The highest BCUT2D eigenvalue weighted by molar-refractivity contribution is 6.30. The molecule has 0 aliphatic carbocycles. The van der Waals surface area contributed by atoms with Crippen molar-refractivity contribution in [1.29, 1.82) is 0 Å². The Balaban J connectivity index is 1.90. The third-order valence-electron chi connectivity index (χ3n) is 2.91. The highest BCUT2D eigenvalue weighted by atomic mass is 35.5. The highest BCUT2D eigenvalue weighted by Crippen LogP contribution is 2.21. The fourth-order valence-corrected chi connectivity index (χ4v) is 2.00. The molecule has 0 amide bonds. The molecule has 0 atom stereocenters. The van der Waals surface area contributed by atoms with Gasteiger partial charge in [0.05, 0.1) is 0 Å². The second-order valence-electron chi connectivity index (χ2n) is 4.28. The highest BCUT2D eigenvalue weighted by Gasteiger charge is 2.15. The maximum Gasteiger partial charge on any atom is 0.214 e. The zero-order chi connectivity index (χ0) is 13.9. The van der Waals surface area contributed by atoms with Crippen LogP contribution < -0.4 is 0 Å². The first kappa shape index (κ1) is 12.6. The lowest BCUT2D eigenvalue weighted by Crippen LogP contribution is -2.00. The molecule has 2 aromatic carbocycles. The monoisotopic (exact) mass is 283 g/mol. The van der Waals surface area contributed by atoms with Gasteiger partial charge in [-0.15, -0.1) is 0 Å². The second-order valence-corrected chi connectivity index (χ2v) is 4.71. The zero-order valence-corrected chi connectivity index (χ0v) is 11.2. The Morgan fingerprint density at radius 3 is 2.40 bits per heavy atom. The van der Waals surface area contributed by atoms with Crippen LogP contribution in [0.25, 0.3) is 11.3 Å². The fourth-order valence-electron chi connectivity index (χ4n) is 1.87. The van der Waals surface area contributed by atoms with Crippen molar-refractivity contribution in [3.63, 3.8) is 0 Å². The van der Waals surface area contributed by atoms with E-state index in [1.54, 1.807) is 30.3 Å². The van der Waals surface area contributed by atoms with Crippen LogP contribution in [0.15, 0.2) is 65.2 Å². The molecule has 3 aromatic rings. The van der Waals surface area contributed by atoms with Crippen LogP contribution >= 0.6 is 11.6 Å². The Bertz CT molecular complexity index is 733. The molecule has 0 N–H and O–H groups in total. The summed E-state index contributed by atoms with van der Waals surface area (Å²) in [5, 5.41) is 4.42. The van der Waals surface area contributed by atoms with Crippen LogP contribution in [0.5, 0.6) is 0 Å². The third-order valence-corrected chi connectivity index (χ3v) is 3.16. The molecule has 1 aromatic heterocycles. The Labute approximate surface area is 120 Å². The molecule has 0 bridgehead atoms. The van der Waals surface area contributed by atoms with E-state index >= 15 is 0 Å². The molecule has 0 unspecified atom stereocenters. The first-order valence-corrected chi connectivity index (χ1v) is 6.44. The van der Waals surface area contributed by atoms with Gasteiger partial charge < -0.3 is 4.52 Å². The quantitative estimate of drug-likeness (QED) is 0.676. The lowest BCUT2D eigenvalue weighted by Gasteiger charge is -1.96. The molecule has 20 heavy (non-hydrogen) atoms. The lowest BCUT2D eigenvalue weighted by molar-refractivity contribution is 0.103. The van der Waals surface area contributed by atoms with Crippen molar-refractivity contribution >= 4 is 17.4 Å². The molecular formula is C16H10ClNO2. The molecule has 1 heterocycles. The number of hydrogen-bond acceptors (Lipinski definition) is 3. The van der Waals surface area contributed by atoms with Gasteiger partial charge in [-0.2, -0.15) is 0 Å². The molecule has 0 aliphatic heterocycles. The summed E-state index contributed by atoms with van der Waals surface area (Å²) in [5.41, 5.74) is 1.70. The van der Waals surface area contributed by atoms with Gasteiger partial charge in [0.2, 0.25) is 5.78 Å². The topological polar surface area (TPSA) is 43.1 Å². The summed E-state index contributed by atoms with van der Waals surface area (Å²) in [6.07, 6.45) is 0. The standard InChI is InChI=1S/C16H10ClNO2/c17-13-8-6-12(7-9-13)16(19)14-10-15(20-18-14)11-4-2-1-3-5-11/h1-10H. The Hall–Kier alpha value is -2.39. The second kappa shape index (κ2) is 5.31. The molecule has 4 heteroatoms. The Morgan fingerprint density at radius 1 is 1.00 bits per heavy atom. The molecule has 98 valence electrons. The maximum absolute atomic E-state index is 12.2. The van der Waals surface area contributed by atoms with E-state index in [1.165, 1.54) is 0 Å². The zero-order valence-electron chi connectivity index (χ0n) is 10.4. The van der Waals surface area contributed by atoms with Crippen LogP contribution in [0.4, 0.5) is 0 Å². The average molecular weight is 284 g/mol. The van der Waals surface area contributed by atoms with Crippen molar-refractivity contribution in [2.75, 3.05) is 0 Å². The number of nitrogens with zero attached hydrogens (tertiary/aromatic N) is 1. The summed E-state index contributed by atoms with van der Waals surface area (Å²) in [6, 6.07) is 17.8. The number of rotatable bonds is 3. The van der Waals surface area contributed by atoms with Gasteiger partial charge in [0, 0.05) is 22.2 Å². The van der Waals surface area contributed by atoms with E-state index in [0.29, 0.717) is 16.3 Å². The molecule has 0 spiro atoms. The maximum atomic E-state index is 12.2. The summed E-state index contributed by atoms with van der Waals surface area (Å²) in [6.45, 7) is 0. The van der Waals surface area contributed by atoms with Crippen molar-refractivity contribution in [3.05, 3.63) is 76.9 Å². The average Bonchev–Trinajstić information content (AvgIpc) is 2.98. The first-order valence-electron chi connectivity index (χ1n) is 6.06. The molecule has 0 saturated carbocycles. The van der Waals surface area contributed by atoms with Crippen LogP contribution in [0.1, 0.15) is 16.1 Å². The van der Waals surface area contributed by atoms with Gasteiger partial charge in [-0.1, -0.05) is 47.1 Å². The molecule has 0 fully saturated rings. The van der Waals surface area contributed by atoms with Crippen molar-refractivity contribution in [1.82, 2.24) is 5.16 Å². The molecular weight excluding hydrogens is 274 g/mol. The van der Waals surface area contributed by atoms with E-state index < -0.39 is 0 Å². The minimum Gasteiger partial charge on any atom is -0.356 e. The van der Waals surface area contributed by atoms with E-state index in [0.717, 1.165) is 5.56 Å². The van der Waals surface area contributed by atoms with Gasteiger partial charge in [-0.05, 0) is 24.3 Å². The van der Waals surface area contributed by atoms with Crippen molar-refractivity contribution in [2.45, 2.75) is 0 Å². The van der Waals surface area contributed by atoms with E-state index in [1.807, 2.05) is 30.3 Å². The molecule has 0 radical (unpaired) electrons. The summed E-state index contributed by atoms with van der Waals surface area (Å²) in [5.74, 6) is 0.385. The molecule has 3 nitrogen and oxygen atoms in total. The molecule has 0 aliphatic rings. The summed E-state index contributed by atoms with van der Waals surface area (Å²) >= 11 is 5.80. The smallest absolute Gasteiger partial charge is 0.214 e. The first-order chi connectivity index (χ1) is 9.74. The fraction of sp³-hybridized carbons (Fsp3) is 0. The van der Waals surface area contributed by atoms with Crippen LogP contribution in [-0.4, -0.2) is 10.9 Å². The number of halogens is 1. The van der Waals surface area contributed by atoms with Gasteiger partial charge in [0.15, 0.2) is 11.5 Å². The summed E-state index contributed by atoms with van der Waals surface area (Å²) in [7, 11) is 0. The number of benzene rings is 2. The van der Waals surface area contributed by atoms with Gasteiger partial charge in [0.25, 0.3) is 0 Å². The minimum absolute atomic E-state index is 0.187. The normalized spacial score (nSPS) is 10.4. The number of ketones is 1. The molecule has 0 saturated heterocycles. The molecule has 3 rings (SSSR count). The van der Waals surface area contributed by atoms with E-state index in [-0.39, 0.29) is 11.5 Å². The minimum atomic E-state index is -0.187. The van der Waals surface area contributed by atoms with Crippen LogP contribution in [0.3, 0.4) is 0 Å². The number of aromatic nitrogens is 1. The van der Waals surface area contributed by atoms with E-state index in [9.17, 15) is 4.79 Å². The van der Waals surface area contributed by atoms with Gasteiger partial charge >= 0.3 is 0 Å². The number of carbonyl (C=O) groups is 1. The van der Waals surface area contributed by atoms with Crippen molar-refractivity contribution in [2.24, 2.45) is 0 Å². The lowest BCUT2D eigenvalue weighted by atomic mass is 10.1. The van der Waals surface area contributed by atoms with Gasteiger partial charge in [-0.25, -0.2) is 0 Å². The van der Waals surface area contributed by atoms with E-state index in [2.05, 4.69) is 5.16 Å². The third kappa shape index (κ3) is 2.49. The predicted octanol–water partition coefficient (Wildman–Crippen LogP) is 4.23. The summed E-state index contributed by atoms with van der Waals surface area (Å²) < 4.78 is 5.22. The largest absolute Gasteiger partial charge is 0.356 e. The Morgan fingerprint density at radius 2 is 1.70 bits per heavy atom.